The van der Waals surface area contributed by atoms with Gasteiger partial charge in [-0.3, -0.25) is 4.79 Å². The Labute approximate surface area is 243 Å². The minimum atomic E-state index is -1.66. The van der Waals surface area contributed by atoms with Crippen molar-refractivity contribution in [1.29, 1.82) is 0 Å². The second kappa shape index (κ2) is 10.9. The number of ether oxygens (including phenoxy) is 6. The number of anilines is 1. The Morgan fingerprint density at radius 1 is 0.833 bits per heavy atom. The van der Waals surface area contributed by atoms with Crippen LogP contribution < -0.4 is 33.7 Å². The van der Waals surface area contributed by atoms with Gasteiger partial charge in [-0.25, -0.2) is 4.39 Å². The van der Waals surface area contributed by atoms with E-state index in [1.165, 1.54) is 6.07 Å². The summed E-state index contributed by atoms with van der Waals surface area (Å²) in [5.74, 6) is 1.73. The first-order chi connectivity index (χ1) is 20.2. The van der Waals surface area contributed by atoms with Crippen LogP contribution in [0.4, 0.5) is 10.1 Å². The zero-order chi connectivity index (χ0) is 29.6. The number of carbonyl (C=O) groups excluding carboxylic acids is 1. The second-order valence-electron chi connectivity index (χ2n) is 11.6. The van der Waals surface area contributed by atoms with Gasteiger partial charge in [-0.2, -0.15) is 0 Å². The number of fused-ring (bicyclic) bond motifs is 3. The van der Waals surface area contributed by atoms with Gasteiger partial charge >= 0.3 is 0 Å². The second-order valence-corrected chi connectivity index (χ2v) is 11.6. The lowest BCUT2D eigenvalue weighted by Gasteiger charge is -2.32. The summed E-state index contributed by atoms with van der Waals surface area (Å²) >= 11 is 0. The number of halogens is 1. The average molecular weight is 580 g/mol. The third kappa shape index (κ3) is 4.73. The highest BCUT2D eigenvalue weighted by Gasteiger charge is 2.55. The van der Waals surface area contributed by atoms with Gasteiger partial charge in [-0.05, 0) is 36.5 Å². The summed E-state index contributed by atoms with van der Waals surface area (Å²) in [6.07, 6.45) is -0.230. The fourth-order valence-corrected chi connectivity index (χ4v) is 5.70. The normalized spacial score (nSPS) is 18.8. The third-order valence-electron chi connectivity index (χ3n) is 7.50. The monoisotopic (exact) mass is 579 g/mol. The summed E-state index contributed by atoms with van der Waals surface area (Å²) in [4.78, 5) is 14.5. The summed E-state index contributed by atoms with van der Waals surface area (Å²) < 4.78 is 50.6. The lowest BCUT2D eigenvalue weighted by atomic mass is 9.69. The molecule has 2 N–H and O–H groups in total. The Balaban J connectivity index is 1.62. The average Bonchev–Trinajstić information content (AvgIpc) is 3.66. The van der Waals surface area contributed by atoms with Gasteiger partial charge in [0.25, 0.3) is 0 Å². The molecule has 0 radical (unpaired) electrons. The van der Waals surface area contributed by atoms with Gasteiger partial charge in [0.15, 0.2) is 23.0 Å². The van der Waals surface area contributed by atoms with Gasteiger partial charge in [0.1, 0.15) is 29.3 Å². The molecule has 0 saturated carbocycles. The van der Waals surface area contributed by atoms with Crippen LogP contribution in [0.15, 0.2) is 42.5 Å². The molecule has 3 heterocycles. The van der Waals surface area contributed by atoms with E-state index in [0.29, 0.717) is 58.5 Å². The molecular weight excluding hydrogens is 545 g/mol. The van der Waals surface area contributed by atoms with Crippen molar-refractivity contribution in [2.45, 2.75) is 45.6 Å². The Morgan fingerprint density at radius 3 is 1.93 bits per heavy atom. The molecule has 3 aromatic carbocycles. The largest absolute Gasteiger partial charge is 0.493 e. The van der Waals surface area contributed by atoms with Crippen molar-refractivity contribution >= 4 is 11.6 Å². The number of rotatable bonds is 10. The summed E-state index contributed by atoms with van der Waals surface area (Å²) in [7, 11) is 0. The predicted molar refractivity (Wildman–Crippen MR) is 151 cm³/mol. The van der Waals surface area contributed by atoms with Crippen LogP contribution in [0.5, 0.6) is 34.5 Å². The van der Waals surface area contributed by atoms with Crippen molar-refractivity contribution in [1.82, 2.24) is 0 Å². The fraction of sp³-hybridized carbons (Fsp3) is 0.406. The molecule has 222 valence electrons. The molecule has 3 aliphatic rings. The summed E-state index contributed by atoms with van der Waals surface area (Å²) in [5.41, 5.74) is -0.450. The molecule has 3 aliphatic heterocycles. The van der Waals surface area contributed by atoms with Crippen LogP contribution in [0.25, 0.3) is 0 Å². The van der Waals surface area contributed by atoms with Gasteiger partial charge in [0.2, 0.25) is 19.5 Å². The van der Waals surface area contributed by atoms with E-state index in [1.807, 2.05) is 27.7 Å². The quantitative estimate of drug-likeness (QED) is 0.330. The Morgan fingerprint density at radius 2 is 1.38 bits per heavy atom. The van der Waals surface area contributed by atoms with Crippen molar-refractivity contribution in [3.63, 3.8) is 0 Å². The molecule has 42 heavy (non-hydrogen) atoms. The number of carbonyl (C=O) groups is 1. The summed E-state index contributed by atoms with van der Waals surface area (Å²) in [6, 6.07) is 11.3. The summed E-state index contributed by atoms with van der Waals surface area (Å²) in [6.45, 7) is 8.38. The molecule has 0 fully saturated rings. The van der Waals surface area contributed by atoms with Crippen LogP contribution in [-0.2, 0) is 10.2 Å². The minimum Gasteiger partial charge on any atom is -0.493 e. The number of hydrogen-bond donors (Lipinski definition) is 2. The number of hydrogen-bond acceptors (Lipinski definition) is 8. The fourth-order valence-electron chi connectivity index (χ4n) is 5.70. The highest BCUT2D eigenvalue weighted by atomic mass is 19.1. The first-order valence-electron chi connectivity index (χ1n) is 14.1. The number of aliphatic hydroxyl groups is 1. The maximum absolute atomic E-state index is 15.3. The van der Waals surface area contributed by atoms with E-state index in [0.717, 1.165) is 0 Å². The standard InChI is InChI=1S/C32H34FNO8/c1-17(2)8-19(35)14-38-25-12-29-27(40-16-42-29)10-22(25)32(20-6-5-7-23(33)30(20)34-31(32)36)21-9-26-28(41-15-39-26)11-24(21)37-13-18(3)4/h5-7,9-12,17-19,35H,8,13-16H2,1-4H3,(H,34,36)/t19-,32?/m1/s1. The maximum atomic E-state index is 15.3. The van der Waals surface area contributed by atoms with Crippen molar-refractivity contribution in [3.8, 4) is 34.5 Å². The number of nitrogens with one attached hydrogen (secondary N) is 1. The van der Waals surface area contributed by atoms with E-state index in [1.54, 1.807) is 36.4 Å². The van der Waals surface area contributed by atoms with Crippen LogP contribution in [0.1, 0.15) is 50.8 Å². The molecule has 2 atom stereocenters. The van der Waals surface area contributed by atoms with E-state index in [9.17, 15) is 9.90 Å². The molecule has 1 unspecified atom stereocenters. The van der Waals surface area contributed by atoms with Gasteiger partial charge in [-0.15, -0.1) is 0 Å². The molecule has 10 heteroatoms. The molecular formula is C32H34FNO8. The first-order valence-corrected chi connectivity index (χ1v) is 14.1. The molecule has 9 nitrogen and oxygen atoms in total. The Hall–Kier alpha value is -4.18. The number of para-hydroxylation sites is 1. The number of amides is 1. The SMILES string of the molecule is CC(C)COc1cc2c(cc1C1(c3cc4c(cc3OC[C@H](O)CC(C)C)OCO4)C(=O)Nc3c(F)cccc31)OCO2. The van der Waals surface area contributed by atoms with Crippen molar-refractivity contribution in [2.75, 3.05) is 32.1 Å². The van der Waals surface area contributed by atoms with Crippen LogP contribution in [-0.4, -0.2) is 43.9 Å². The molecule has 0 saturated heterocycles. The van der Waals surface area contributed by atoms with E-state index in [-0.39, 0.29) is 43.5 Å². The minimum absolute atomic E-state index is 0.00855. The van der Waals surface area contributed by atoms with Crippen LogP contribution in [0, 0.1) is 17.7 Å². The molecule has 3 aromatic rings. The first kappa shape index (κ1) is 28.0. The lowest BCUT2D eigenvalue weighted by Crippen LogP contribution is -2.38. The van der Waals surface area contributed by atoms with Crippen molar-refractivity contribution in [3.05, 3.63) is 65.0 Å². The Bertz CT molecular complexity index is 1520. The van der Waals surface area contributed by atoms with E-state index < -0.39 is 23.2 Å². The van der Waals surface area contributed by atoms with E-state index in [4.69, 9.17) is 28.4 Å². The predicted octanol–water partition coefficient (Wildman–Crippen LogP) is 5.39. The van der Waals surface area contributed by atoms with Gasteiger partial charge < -0.3 is 38.8 Å². The molecule has 6 rings (SSSR count). The highest BCUT2D eigenvalue weighted by Crippen LogP contribution is 2.57. The molecule has 0 aliphatic carbocycles. The van der Waals surface area contributed by atoms with Crippen molar-refractivity contribution in [2.24, 2.45) is 11.8 Å². The lowest BCUT2D eigenvalue weighted by molar-refractivity contribution is -0.118. The van der Waals surface area contributed by atoms with Gasteiger partial charge in [0, 0.05) is 28.8 Å². The van der Waals surface area contributed by atoms with Gasteiger partial charge in [-0.1, -0.05) is 39.8 Å². The summed E-state index contributed by atoms with van der Waals surface area (Å²) in [5, 5.41) is 13.5. The maximum Gasteiger partial charge on any atom is 0.244 e. The Kier molecular flexibility index (Phi) is 7.26. The molecule has 0 bridgehead atoms. The van der Waals surface area contributed by atoms with Crippen LogP contribution >= 0.6 is 0 Å². The smallest absolute Gasteiger partial charge is 0.244 e. The number of aliphatic hydroxyl groups excluding tert-OH is 1. The molecule has 0 spiro atoms. The molecule has 0 aromatic heterocycles. The third-order valence-corrected chi connectivity index (χ3v) is 7.50. The van der Waals surface area contributed by atoms with E-state index in [2.05, 4.69) is 5.32 Å². The van der Waals surface area contributed by atoms with Crippen LogP contribution in [0.3, 0.4) is 0 Å². The molecule has 1 amide bonds. The number of benzene rings is 3. The topological polar surface area (TPSA) is 105 Å². The van der Waals surface area contributed by atoms with Crippen LogP contribution in [0.2, 0.25) is 0 Å². The zero-order valence-electron chi connectivity index (χ0n) is 24.0. The van der Waals surface area contributed by atoms with Gasteiger partial charge in [0.05, 0.1) is 18.4 Å². The van der Waals surface area contributed by atoms with E-state index >= 15 is 4.39 Å². The highest BCUT2D eigenvalue weighted by molar-refractivity contribution is 6.12. The zero-order valence-corrected chi connectivity index (χ0v) is 24.0. The van der Waals surface area contributed by atoms with Crippen molar-refractivity contribution < 1.29 is 42.7 Å².